The second-order valence-electron chi connectivity index (χ2n) is 14.5. The lowest BCUT2D eigenvalue weighted by Gasteiger charge is -2.58. The van der Waals surface area contributed by atoms with Crippen LogP contribution in [0, 0.1) is 52.8 Å². The number of fused-ring (bicyclic) bond motifs is 2. The molecule has 0 amide bonds. The Balaban J connectivity index is 1.33. The highest BCUT2D eigenvalue weighted by Crippen LogP contribution is 2.82. The first-order valence-electron chi connectivity index (χ1n) is 16.0. The predicted octanol–water partition coefficient (Wildman–Crippen LogP) is 5.50. The van der Waals surface area contributed by atoms with Crippen molar-refractivity contribution in [3.63, 3.8) is 0 Å². The predicted molar refractivity (Wildman–Crippen MR) is 160 cm³/mol. The number of carbonyl (C=O) groups is 2. The van der Waals surface area contributed by atoms with Crippen molar-refractivity contribution < 1.29 is 28.9 Å². The molecule has 0 spiro atoms. The molecule has 1 saturated heterocycles. The lowest BCUT2D eigenvalue weighted by atomic mass is 9.43. The van der Waals surface area contributed by atoms with E-state index < -0.39 is 28.5 Å². The van der Waals surface area contributed by atoms with E-state index in [0.717, 1.165) is 37.7 Å². The van der Waals surface area contributed by atoms with Crippen LogP contribution in [0.25, 0.3) is 0 Å². The van der Waals surface area contributed by atoms with Crippen LogP contribution in [0.4, 0.5) is 0 Å². The highest BCUT2D eigenvalue weighted by molar-refractivity contribution is 5.90. The van der Waals surface area contributed by atoms with Crippen LogP contribution in [0.5, 0.6) is 0 Å². The third-order valence-corrected chi connectivity index (χ3v) is 12.2. The van der Waals surface area contributed by atoms with Gasteiger partial charge in [-0.3, -0.25) is 9.69 Å². The SMILES string of the molecule is CO[C@H]1CN(Cc2ccc(C)cc2)C[C@H](OCC23C[C@@H]4[C@H](C)CC[C@H]4C4(C=O)CC2C=C(C(C)C)C34C(=O)O)O[C@@H]1C. The maximum atomic E-state index is 13.8. The van der Waals surface area contributed by atoms with Gasteiger partial charge in [0.15, 0.2) is 6.29 Å². The van der Waals surface area contributed by atoms with Crippen molar-refractivity contribution >= 4 is 12.3 Å². The summed E-state index contributed by atoms with van der Waals surface area (Å²) in [4.78, 5) is 29.4. The van der Waals surface area contributed by atoms with Gasteiger partial charge in [0, 0.05) is 32.2 Å². The summed E-state index contributed by atoms with van der Waals surface area (Å²) < 4.78 is 19.1. The topological polar surface area (TPSA) is 85.3 Å². The average Bonchev–Trinajstić information content (AvgIpc) is 3.48. The number of benzene rings is 1. The standard InChI is InChI=1S/C35H49NO6/c1-21(2)29-13-26-14-33(19-37)28-12-9-23(4)27(28)15-34(26,35(29,33)32(38)39)20-41-31-18-36(17-30(40-6)24(5)42-31)16-25-10-7-22(3)8-11-25/h7-8,10-11,13,19,21,23-24,26-28,30-31H,9,12,14-18,20H2,1-6H3,(H,38,39)/t23-,24-,26?,27-,28-,30+,31-,33?,34?,35?/m1/s1. The highest BCUT2D eigenvalue weighted by Gasteiger charge is 2.84. The third-order valence-electron chi connectivity index (χ3n) is 12.2. The number of hydrogen-bond donors (Lipinski definition) is 1. The molecule has 4 aliphatic carbocycles. The zero-order valence-corrected chi connectivity index (χ0v) is 26.2. The van der Waals surface area contributed by atoms with Gasteiger partial charge in [0.1, 0.15) is 11.7 Å². The Morgan fingerprint density at radius 2 is 1.90 bits per heavy atom. The van der Waals surface area contributed by atoms with Crippen molar-refractivity contribution in [1.29, 1.82) is 0 Å². The molecule has 1 N–H and O–H groups in total. The summed E-state index contributed by atoms with van der Waals surface area (Å²) in [6.45, 7) is 12.9. The molecule has 7 heteroatoms. The Kier molecular flexibility index (Phi) is 7.73. The molecule has 4 unspecified atom stereocenters. The number of aliphatic carboxylic acids is 1. The van der Waals surface area contributed by atoms with E-state index in [1.165, 1.54) is 11.1 Å². The molecule has 10 atom stereocenters. The van der Waals surface area contributed by atoms with Gasteiger partial charge in [0.05, 0.1) is 24.2 Å². The Morgan fingerprint density at radius 1 is 1.17 bits per heavy atom. The van der Waals surface area contributed by atoms with Gasteiger partial charge in [0.2, 0.25) is 0 Å². The van der Waals surface area contributed by atoms with Crippen molar-refractivity contribution in [3.8, 4) is 0 Å². The van der Waals surface area contributed by atoms with Crippen molar-refractivity contribution in [2.45, 2.75) is 85.3 Å². The molecule has 5 aliphatic rings. The second kappa shape index (κ2) is 10.8. The van der Waals surface area contributed by atoms with Crippen LogP contribution in [0.1, 0.15) is 64.5 Å². The fourth-order valence-electron chi connectivity index (χ4n) is 10.4. The molecule has 0 radical (unpaired) electrons. The van der Waals surface area contributed by atoms with E-state index in [1.807, 2.05) is 6.92 Å². The normalized spacial score (nSPS) is 42.8. The zero-order valence-electron chi connectivity index (χ0n) is 26.2. The first kappa shape index (κ1) is 30.0. The molecule has 3 saturated carbocycles. The van der Waals surface area contributed by atoms with E-state index in [-0.39, 0.29) is 36.6 Å². The molecule has 230 valence electrons. The summed E-state index contributed by atoms with van der Waals surface area (Å²) in [5.41, 5.74) is 0.601. The molecule has 0 aromatic heterocycles. The minimum Gasteiger partial charge on any atom is -0.481 e. The lowest BCUT2D eigenvalue weighted by molar-refractivity contribution is -0.220. The fourth-order valence-corrected chi connectivity index (χ4v) is 10.4. The minimum atomic E-state index is -1.24. The molecule has 42 heavy (non-hydrogen) atoms. The van der Waals surface area contributed by atoms with Crippen LogP contribution in [0.2, 0.25) is 0 Å². The molecule has 7 nitrogen and oxygen atoms in total. The number of carboxylic acid groups (broad SMARTS) is 1. The van der Waals surface area contributed by atoms with Gasteiger partial charge in [-0.1, -0.05) is 68.7 Å². The number of nitrogens with zero attached hydrogens (tertiary/aromatic N) is 1. The van der Waals surface area contributed by atoms with Crippen LogP contribution in [0.3, 0.4) is 0 Å². The molecule has 1 aromatic carbocycles. The number of aryl methyl sites for hydroxylation is 1. The largest absolute Gasteiger partial charge is 0.481 e. The molecular weight excluding hydrogens is 530 g/mol. The van der Waals surface area contributed by atoms with E-state index >= 15 is 0 Å². The number of methoxy groups -OCH3 is 1. The van der Waals surface area contributed by atoms with Gasteiger partial charge >= 0.3 is 5.97 Å². The summed E-state index contributed by atoms with van der Waals surface area (Å²) in [7, 11) is 1.72. The first-order valence-corrected chi connectivity index (χ1v) is 16.0. The Bertz CT molecular complexity index is 1230. The van der Waals surface area contributed by atoms with Gasteiger partial charge < -0.3 is 24.1 Å². The second-order valence-corrected chi connectivity index (χ2v) is 14.5. The Hall–Kier alpha value is -2.06. The van der Waals surface area contributed by atoms with Crippen LogP contribution in [-0.4, -0.2) is 67.6 Å². The van der Waals surface area contributed by atoms with Gasteiger partial charge in [-0.05, 0) is 68.3 Å². The van der Waals surface area contributed by atoms with Crippen LogP contribution < -0.4 is 0 Å². The van der Waals surface area contributed by atoms with E-state index in [9.17, 15) is 14.7 Å². The third kappa shape index (κ3) is 4.13. The number of carboxylic acids is 1. The van der Waals surface area contributed by atoms with Crippen molar-refractivity contribution in [2.75, 3.05) is 26.8 Å². The van der Waals surface area contributed by atoms with Crippen molar-refractivity contribution in [1.82, 2.24) is 4.90 Å². The van der Waals surface area contributed by atoms with Crippen LogP contribution in [0.15, 0.2) is 35.9 Å². The summed E-state index contributed by atoms with van der Waals surface area (Å²) in [6, 6.07) is 8.58. The number of allylic oxidation sites excluding steroid dienone is 1. The first-order chi connectivity index (χ1) is 20.0. The van der Waals surface area contributed by atoms with E-state index in [4.69, 9.17) is 14.2 Å². The zero-order chi connectivity index (χ0) is 30.0. The minimum absolute atomic E-state index is 0.00702. The molecule has 1 heterocycles. The number of carbonyl (C=O) groups excluding carboxylic acids is 1. The molecule has 1 aliphatic heterocycles. The molecule has 6 rings (SSSR count). The van der Waals surface area contributed by atoms with Gasteiger partial charge in [-0.15, -0.1) is 0 Å². The molecule has 1 aromatic rings. The average molecular weight is 580 g/mol. The van der Waals surface area contributed by atoms with Gasteiger partial charge in [0.25, 0.3) is 0 Å². The summed E-state index contributed by atoms with van der Waals surface area (Å²) in [5.74, 6) is 0.132. The Labute approximate surface area is 251 Å². The highest BCUT2D eigenvalue weighted by atomic mass is 16.7. The summed E-state index contributed by atoms with van der Waals surface area (Å²) in [5, 5.41) is 11.3. The van der Waals surface area contributed by atoms with Crippen molar-refractivity contribution in [3.05, 3.63) is 47.0 Å². The number of ether oxygens (including phenoxy) is 3. The smallest absolute Gasteiger partial charge is 0.315 e. The number of hydrogen-bond acceptors (Lipinski definition) is 6. The molecule has 4 bridgehead atoms. The Morgan fingerprint density at radius 3 is 2.55 bits per heavy atom. The summed E-state index contributed by atoms with van der Waals surface area (Å²) >= 11 is 0. The number of aldehydes is 1. The van der Waals surface area contributed by atoms with E-state index in [1.54, 1.807) is 7.11 Å². The number of rotatable bonds is 9. The molecule has 4 fully saturated rings. The van der Waals surface area contributed by atoms with Gasteiger partial charge in [-0.25, -0.2) is 0 Å². The van der Waals surface area contributed by atoms with E-state index in [0.29, 0.717) is 31.3 Å². The van der Waals surface area contributed by atoms with Crippen molar-refractivity contribution in [2.24, 2.45) is 45.8 Å². The van der Waals surface area contributed by atoms with Crippen LogP contribution >= 0.6 is 0 Å². The summed E-state index contributed by atoms with van der Waals surface area (Å²) in [6.07, 6.45) is 5.88. The quantitative estimate of drug-likeness (QED) is 0.306. The monoisotopic (exact) mass is 579 g/mol. The molecular formula is C35H49NO6. The van der Waals surface area contributed by atoms with Crippen LogP contribution in [-0.2, 0) is 30.3 Å². The maximum Gasteiger partial charge on any atom is 0.315 e. The van der Waals surface area contributed by atoms with E-state index in [2.05, 4.69) is 62.9 Å². The lowest BCUT2D eigenvalue weighted by Crippen LogP contribution is -2.63. The van der Waals surface area contributed by atoms with Gasteiger partial charge in [-0.2, -0.15) is 0 Å². The fraction of sp³-hybridized carbons (Fsp3) is 0.714. The maximum absolute atomic E-state index is 13.8.